The summed E-state index contributed by atoms with van der Waals surface area (Å²) in [6, 6.07) is 8.84. The number of aromatic nitrogens is 2. The molecule has 29 heavy (non-hydrogen) atoms. The summed E-state index contributed by atoms with van der Waals surface area (Å²) in [4.78, 5) is 41.2. The van der Waals surface area contributed by atoms with E-state index in [1.165, 1.54) is 14.1 Å². The van der Waals surface area contributed by atoms with Crippen LogP contribution >= 0.6 is 11.8 Å². The SMILES string of the molecule is COCCCNC(=O)CSC(=Nc1ccccc1)c1c(O)n(C)c(=O)n(C)c1=O. The highest BCUT2D eigenvalue weighted by molar-refractivity contribution is 8.15. The first-order valence-corrected chi connectivity index (χ1v) is 9.87. The summed E-state index contributed by atoms with van der Waals surface area (Å²) < 4.78 is 6.79. The second-order valence-corrected chi connectivity index (χ2v) is 7.11. The van der Waals surface area contributed by atoms with E-state index in [1.54, 1.807) is 31.4 Å². The molecule has 1 aromatic carbocycles. The number of hydrogen-bond donors (Lipinski definition) is 2. The highest BCUT2D eigenvalue weighted by Gasteiger charge is 2.21. The van der Waals surface area contributed by atoms with Crippen molar-refractivity contribution < 1.29 is 14.6 Å². The highest BCUT2D eigenvalue weighted by atomic mass is 32.2. The van der Waals surface area contributed by atoms with Gasteiger partial charge in [-0.3, -0.25) is 18.7 Å². The van der Waals surface area contributed by atoms with Gasteiger partial charge in [0.05, 0.1) is 11.4 Å². The molecular formula is C19H24N4O5S. The van der Waals surface area contributed by atoms with Crippen molar-refractivity contribution in [2.75, 3.05) is 26.0 Å². The maximum Gasteiger partial charge on any atom is 0.333 e. The van der Waals surface area contributed by atoms with Crippen LogP contribution in [0, 0.1) is 0 Å². The third-order valence-electron chi connectivity index (χ3n) is 4.02. The summed E-state index contributed by atoms with van der Waals surface area (Å²) >= 11 is 1.01. The topological polar surface area (TPSA) is 115 Å². The van der Waals surface area contributed by atoms with Gasteiger partial charge in [0.2, 0.25) is 11.8 Å². The summed E-state index contributed by atoms with van der Waals surface area (Å²) in [5, 5.41) is 13.3. The van der Waals surface area contributed by atoms with Crippen LogP contribution < -0.4 is 16.6 Å². The summed E-state index contributed by atoms with van der Waals surface area (Å²) in [6.07, 6.45) is 0.681. The van der Waals surface area contributed by atoms with Crippen molar-refractivity contribution in [3.8, 4) is 5.88 Å². The standard InChI is InChI=1S/C19H24N4O5S/c1-22-17(25)15(18(26)23(2)19(22)27)16(21-13-8-5-4-6-9-13)29-12-14(24)20-10-7-11-28-3/h4-6,8-9,25H,7,10-12H2,1-3H3,(H,20,24). The van der Waals surface area contributed by atoms with Crippen molar-refractivity contribution in [3.63, 3.8) is 0 Å². The molecule has 0 aliphatic rings. The van der Waals surface area contributed by atoms with Crippen LogP contribution in [0.25, 0.3) is 0 Å². The lowest BCUT2D eigenvalue weighted by Gasteiger charge is -2.12. The number of carbonyl (C=O) groups is 1. The van der Waals surface area contributed by atoms with Crippen LogP contribution in [0.3, 0.4) is 0 Å². The van der Waals surface area contributed by atoms with E-state index in [2.05, 4.69) is 10.3 Å². The quantitative estimate of drug-likeness (QED) is 0.370. The van der Waals surface area contributed by atoms with Crippen LogP contribution in [0.4, 0.5) is 5.69 Å². The predicted octanol–water partition coefficient (Wildman–Crippen LogP) is 0.754. The maximum absolute atomic E-state index is 12.7. The Labute approximate surface area is 172 Å². The molecule has 0 atom stereocenters. The van der Waals surface area contributed by atoms with E-state index in [0.717, 1.165) is 20.9 Å². The fraction of sp³-hybridized carbons (Fsp3) is 0.368. The number of para-hydroxylation sites is 1. The largest absolute Gasteiger partial charge is 0.494 e. The van der Waals surface area contributed by atoms with Crippen LogP contribution in [0.2, 0.25) is 0 Å². The molecule has 2 N–H and O–H groups in total. The van der Waals surface area contributed by atoms with Crippen molar-refractivity contribution >= 4 is 28.4 Å². The first-order chi connectivity index (χ1) is 13.9. The number of methoxy groups -OCH3 is 1. The van der Waals surface area contributed by atoms with E-state index in [4.69, 9.17) is 4.74 Å². The van der Waals surface area contributed by atoms with Crippen molar-refractivity contribution in [1.82, 2.24) is 14.5 Å². The van der Waals surface area contributed by atoms with Gasteiger partial charge in [0.1, 0.15) is 10.6 Å². The Balaban J connectivity index is 2.36. The monoisotopic (exact) mass is 420 g/mol. The summed E-state index contributed by atoms with van der Waals surface area (Å²) in [7, 11) is 4.26. The van der Waals surface area contributed by atoms with Crippen LogP contribution in [-0.2, 0) is 23.6 Å². The molecule has 0 radical (unpaired) electrons. The van der Waals surface area contributed by atoms with E-state index in [-0.39, 0.29) is 22.3 Å². The zero-order chi connectivity index (χ0) is 21.4. The van der Waals surface area contributed by atoms with Crippen molar-refractivity contribution in [1.29, 1.82) is 0 Å². The molecule has 0 saturated heterocycles. The van der Waals surface area contributed by atoms with Gasteiger partial charge in [-0.2, -0.15) is 0 Å². The Kier molecular flexibility index (Phi) is 8.22. The molecule has 2 aromatic rings. The zero-order valence-corrected chi connectivity index (χ0v) is 17.4. The number of thioether (sulfide) groups is 1. The Morgan fingerprint density at radius 2 is 1.90 bits per heavy atom. The minimum atomic E-state index is -0.687. The van der Waals surface area contributed by atoms with Crippen LogP contribution in [0.1, 0.15) is 12.0 Å². The lowest BCUT2D eigenvalue weighted by atomic mass is 10.3. The van der Waals surface area contributed by atoms with E-state index in [0.29, 0.717) is 25.3 Å². The molecule has 2 rings (SSSR count). The first kappa shape index (κ1) is 22.4. The lowest BCUT2D eigenvalue weighted by Crippen LogP contribution is -2.39. The molecule has 9 nitrogen and oxygen atoms in total. The van der Waals surface area contributed by atoms with Gasteiger partial charge in [-0.05, 0) is 18.6 Å². The second-order valence-electron chi connectivity index (χ2n) is 6.14. The summed E-state index contributed by atoms with van der Waals surface area (Å²) in [5.41, 5.74) is -0.925. The van der Waals surface area contributed by atoms with Gasteiger partial charge in [-0.15, -0.1) is 0 Å². The molecule has 1 aromatic heterocycles. The molecule has 0 fully saturated rings. The number of aliphatic imine (C=N–C) groups is 1. The number of benzene rings is 1. The predicted molar refractivity (Wildman–Crippen MR) is 113 cm³/mol. The second kappa shape index (κ2) is 10.6. The molecule has 10 heteroatoms. The van der Waals surface area contributed by atoms with E-state index >= 15 is 0 Å². The molecular weight excluding hydrogens is 396 g/mol. The normalized spacial score (nSPS) is 11.5. The fourth-order valence-electron chi connectivity index (χ4n) is 2.43. The van der Waals surface area contributed by atoms with Gasteiger partial charge in [0.25, 0.3) is 5.56 Å². The molecule has 1 heterocycles. The van der Waals surface area contributed by atoms with Gasteiger partial charge < -0.3 is 15.2 Å². The molecule has 0 bridgehead atoms. The highest BCUT2D eigenvalue weighted by Crippen LogP contribution is 2.22. The third-order valence-corrected chi connectivity index (χ3v) is 5.00. The summed E-state index contributed by atoms with van der Waals surface area (Å²) in [5.74, 6) is -0.752. The lowest BCUT2D eigenvalue weighted by molar-refractivity contribution is -0.118. The van der Waals surface area contributed by atoms with Gasteiger partial charge in [-0.1, -0.05) is 30.0 Å². The van der Waals surface area contributed by atoms with Crippen molar-refractivity contribution in [2.45, 2.75) is 6.42 Å². The smallest absolute Gasteiger partial charge is 0.333 e. The fourth-order valence-corrected chi connectivity index (χ4v) is 3.29. The average molecular weight is 420 g/mol. The molecule has 0 unspecified atom stereocenters. The summed E-state index contributed by atoms with van der Waals surface area (Å²) in [6.45, 7) is 1.00. The minimum Gasteiger partial charge on any atom is -0.494 e. The Morgan fingerprint density at radius 3 is 2.55 bits per heavy atom. The number of rotatable bonds is 8. The number of hydrogen-bond acceptors (Lipinski definition) is 7. The van der Waals surface area contributed by atoms with E-state index in [1.807, 2.05) is 6.07 Å². The number of aromatic hydroxyl groups is 1. The van der Waals surface area contributed by atoms with Crippen LogP contribution in [0.15, 0.2) is 44.9 Å². The Bertz CT molecular complexity index is 998. The number of carbonyl (C=O) groups excluding carboxylic acids is 1. The zero-order valence-electron chi connectivity index (χ0n) is 16.5. The molecule has 0 spiro atoms. The number of amides is 1. The Hall–Kier alpha value is -2.85. The number of nitrogens with one attached hydrogen (secondary N) is 1. The Morgan fingerprint density at radius 1 is 1.21 bits per heavy atom. The van der Waals surface area contributed by atoms with Gasteiger partial charge in [0, 0.05) is 34.4 Å². The van der Waals surface area contributed by atoms with E-state index in [9.17, 15) is 19.5 Å². The number of ether oxygens (including phenoxy) is 1. The first-order valence-electron chi connectivity index (χ1n) is 8.88. The van der Waals surface area contributed by atoms with Gasteiger partial charge in [-0.25, -0.2) is 9.79 Å². The molecule has 0 aliphatic carbocycles. The number of nitrogens with zero attached hydrogens (tertiary/aromatic N) is 3. The van der Waals surface area contributed by atoms with Crippen molar-refractivity contribution in [2.24, 2.45) is 19.1 Å². The van der Waals surface area contributed by atoms with Crippen molar-refractivity contribution in [3.05, 3.63) is 56.7 Å². The average Bonchev–Trinajstić information content (AvgIpc) is 2.73. The molecule has 0 aliphatic heterocycles. The maximum atomic E-state index is 12.7. The minimum absolute atomic E-state index is 0.00984. The third kappa shape index (κ3) is 5.81. The van der Waals surface area contributed by atoms with Crippen LogP contribution in [-0.4, -0.2) is 51.2 Å². The molecule has 0 saturated carbocycles. The van der Waals surface area contributed by atoms with Gasteiger partial charge >= 0.3 is 5.69 Å². The van der Waals surface area contributed by atoms with Crippen LogP contribution in [0.5, 0.6) is 5.88 Å². The van der Waals surface area contributed by atoms with Gasteiger partial charge in [0.15, 0.2) is 0 Å². The molecule has 1 amide bonds. The van der Waals surface area contributed by atoms with E-state index < -0.39 is 17.1 Å². The molecule has 156 valence electrons.